The molecule has 2 rings (SSSR count). The van der Waals surface area contributed by atoms with Gasteiger partial charge in [0.15, 0.2) is 0 Å². The molecule has 0 amide bonds. The Bertz CT molecular complexity index is 377. The summed E-state index contributed by atoms with van der Waals surface area (Å²) in [6, 6.07) is 2.38. The number of hydrogen-bond donors (Lipinski definition) is 0. The molecule has 86 valence electrons. The average Bonchev–Trinajstić information content (AvgIpc) is 2.72. The standard InChI is InChI=1S/C12H18N4/c1-15-8-5-14-12(15)4-7-16-6-2-3-11(9-13)10-16/h5,8,11H,2-4,6-7,10H2,1H3. The lowest BCUT2D eigenvalue weighted by atomic mass is 10.00. The maximum absolute atomic E-state index is 8.91. The molecule has 0 saturated carbocycles. The lowest BCUT2D eigenvalue weighted by Crippen LogP contribution is -2.36. The van der Waals surface area contributed by atoms with Crippen LogP contribution in [0.1, 0.15) is 18.7 Å². The smallest absolute Gasteiger partial charge is 0.109 e. The summed E-state index contributed by atoms with van der Waals surface area (Å²) in [5.41, 5.74) is 0. The largest absolute Gasteiger partial charge is 0.338 e. The van der Waals surface area contributed by atoms with Crippen molar-refractivity contribution in [2.24, 2.45) is 13.0 Å². The molecule has 2 heterocycles. The van der Waals surface area contributed by atoms with E-state index in [0.717, 1.165) is 44.7 Å². The van der Waals surface area contributed by atoms with E-state index < -0.39 is 0 Å². The van der Waals surface area contributed by atoms with Gasteiger partial charge < -0.3 is 9.47 Å². The van der Waals surface area contributed by atoms with Gasteiger partial charge in [-0.25, -0.2) is 4.98 Å². The van der Waals surface area contributed by atoms with Crippen molar-refractivity contribution in [2.75, 3.05) is 19.6 Å². The van der Waals surface area contributed by atoms with Crippen molar-refractivity contribution >= 4 is 0 Å². The third-order valence-corrected chi connectivity index (χ3v) is 3.26. The fourth-order valence-electron chi connectivity index (χ4n) is 2.26. The molecule has 0 bridgehead atoms. The summed E-state index contributed by atoms with van der Waals surface area (Å²) in [5.74, 6) is 1.36. The van der Waals surface area contributed by atoms with Gasteiger partial charge in [0, 0.05) is 39.0 Å². The van der Waals surface area contributed by atoms with E-state index in [2.05, 4.69) is 20.5 Å². The first-order valence-corrected chi connectivity index (χ1v) is 5.88. The molecule has 1 aliphatic rings. The number of piperidine rings is 1. The van der Waals surface area contributed by atoms with Gasteiger partial charge in [0.25, 0.3) is 0 Å². The van der Waals surface area contributed by atoms with Gasteiger partial charge in [0.05, 0.1) is 12.0 Å². The lowest BCUT2D eigenvalue weighted by molar-refractivity contribution is 0.200. The zero-order valence-electron chi connectivity index (χ0n) is 9.76. The van der Waals surface area contributed by atoms with Crippen LogP contribution in [0.3, 0.4) is 0 Å². The number of nitrogens with zero attached hydrogens (tertiary/aromatic N) is 4. The van der Waals surface area contributed by atoms with E-state index in [-0.39, 0.29) is 5.92 Å². The van der Waals surface area contributed by atoms with Crippen LogP contribution < -0.4 is 0 Å². The summed E-state index contributed by atoms with van der Waals surface area (Å²) in [5, 5.41) is 8.91. The topological polar surface area (TPSA) is 44.9 Å². The molecule has 16 heavy (non-hydrogen) atoms. The molecule has 4 nitrogen and oxygen atoms in total. The summed E-state index contributed by atoms with van der Waals surface area (Å²) < 4.78 is 2.06. The van der Waals surface area contributed by atoms with E-state index >= 15 is 0 Å². The van der Waals surface area contributed by atoms with Crippen molar-refractivity contribution in [1.82, 2.24) is 14.5 Å². The van der Waals surface area contributed by atoms with Crippen molar-refractivity contribution in [3.05, 3.63) is 18.2 Å². The van der Waals surface area contributed by atoms with Crippen molar-refractivity contribution in [3.8, 4) is 6.07 Å². The van der Waals surface area contributed by atoms with Crippen LogP contribution in [0.4, 0.5) is 0 Å². The molecule has 1 saturated heterocycles. The molecule has 1 unspecified atom stereocenters. The normalized spacial score (nSPS) is 21.9. The number of nitriles is 1. The van der Waals surface area contributed by atoms with Gasteiger partial charge in [0.2, 0.25) is 0 Å². The third kappa shape index (κ3) is 2.61. The Hall–Kier alpha value is -1.34. The molecule has 1 aliphatic heterocycles. The van der Waals surface area contributed by atoms with Crippen LogP contribution in [0.5, 0.6) is 0 Å². The van der Waals surface area contributed by atoms with Gasteiger partial charge in [-0.3, -0.25) is 0 Å². The molecule has 0 aromatic carbocycles. The van der Waals surface area contributed by atoms with Gasteiger partial charge in [-0.05, 0) is 19.4 Å². The van der Waals surface area contributed by atoms with Crippen LogP contribution >= 0.6 is 0 Å². The SMILES string of the molecule is Cn1ccnc1CCN1CCCC(C#N)C1. The Morgan fingerprint density at radius 1 is 1.62 bits per heavy atom. The summed E-state index contributed by atoms with van der Waals surface area (Å²) in [6.45, 7) is 3.08. The minimum atomic E-state index is 0.232. The van der Waals surface area contributed by atoms with Crippen molar-refractivity contribution in [1.29, 1.82) is 5.26 Å². The zero-order chi connectivity index (χ0) is 11.4. The van der Waals surface area contributed by atoms with E-state index in [1.807, 2.05) is 19.4 Å². The molecule has 0 radical (unpaired) electrons. The predicted octanol–water partition coefficient (Wildman–Crippen LogP) is 1.20. The van der Waals surface area contributed by atoms with Gasteiger partial charge in [-0.1, -0.05) is 0 Å². The summed E-state index contributed by atoms with van der Waals surface area (Å²) in [4.78, 5) is 6.69. The monoisotopic (exact) mass is 218 g/mol. The van der Waals surface area contributed by atoms with Crippen LogP contribution in [0.25, 0.3) is 0 Å². The highest BCUT2D eigenvalue weighted by atomic mass is 15.1. The fraction of sp³-hybridized carbons (Fsp3) is 0.667. The van der Waals surface area contributed by atoms with Crippen molar-refractivity contribution in [3.63, 3.8) is 0 Å². The van der Waals surface area contributed by atoms with Gasteiger partial charge in [-0.15, -0.1) is 0 Å². The number of hydrogen-bond acceptors (Lipinski definition) is 3. The second kappa shape index (κ2) is 5.13. The molecule has 1 atom stereocenters. The number of imidazole rings is 1. The molecule has 1 aromatic heterocycles. The van der Waals surface area contributed by atoms with Gasteiger partial charge in [0.1, 0.15) is 5.82 Å². The first kappa shape index (κ1) is 11.2. The van der Waals surface area contributed by atoms with Crippen molar-refractivity contribution in [2.45, 2.75) is 19.3 Å². The minimum absolute atomic E-state index is 0.232. The van der Waals surface area contributed by atoms with Crippen LogP contribution in [0, 0.1) is 17.2 Å². The Morgan fingerprint density at radius 2 is 2.50 bits per heavy atom. The molecule has 1 aromatic rings. The molecule has 0 N–H and O–H groups in total. The highest BCUT2D eigenvalue weighted by Crippen LogP contribution is 2.15. The summed E-state index contributed by atoms with van der Waals surface area (Å²) in [6.07, 6.45) is 7.00. The molecule has 1 fully saturated rings. The Morgan fingerprint density at radius 3 is 3.19 bits per heavy atom. The first-order valence-electron chi connectivity index (χ1n) is 5.88. The number of likely N-dealkylation sites (tertiary alicyclic amines) is 1. The summed E-state index contributed by atoms with van der Waals surface area (Å²) >= 11 is 0. The Balaban J connectivity index is 1.82. The third-order valence-electron chi connectivity index (χ3n) is 3.26. The minimum Gasteiger partial charge on any atom is -0.338 e. The quantitative estimate of drug-likeness (QED) is 0.765. The molecule has 0 spiro atoms. The van der Waals surface area contributed by atoms with E-state index in [4.69, 9.17) is 5.26 Å². The second-order valence-corrected chi connectivity index (χ2v) is 4.47. The fourth-order valence-corrected chi connectivity index (χ4v) is 2.26. The van der Waals surface area contributed by atoms with Crippen LogP contribution in [0.15, 0.2) is 12.4 Å². The van der Waals surface area contributed by atoms with Crippen molar-refractivity contribution < 1.29 is 0 Å². The predicted molar refractivity (Wildman–Crippen MR) is 61.7 cm³/mol. The number of aryl methyl sites for hydroxylation is 1. The highest BCUT2D eigenvalue weighted by molar-refractivity contribution is 4.93. The van der Waals surface area contributed by atoms with E-state index in [1.165, 1.54) is 0 Å². The average molecular weight is 218 g/mol. The first-order chi connectivity index (χ1) is 7.79. The Kier molecular flexibility index (Phi) is 3.58. The van der Waals surface area contributed by atoms with Crippen LogP contribution in [0.2, 0.25) is 0 Å². The number of aromatic nitrogens is 2. The maximum Gasteiger partial charge on any atom is 0.109 e. The van der Waals surface area contributed by atoms with E-state index in [1.54, 1.807) is 0 Å². The molecule has 4 heteroatoms. The molecular weight excluding hydrogens is 200 g/mol. The van der Waals surface area contributed by atoms with E-state index in [9.17, 15) is 0 Å². The van der Waals surface area contributed by atoms with Crippen LogP contribution in [-0.4, -0.2) is 34.1 Å². The maximum atomic E-state index is 8.91. The van der Waals surface area contributed by atoms with Gasteiger partial charge in [-0.2, -0.15) is 5.26 Å². The highest BCUT2D eigenvalue weighted by Gasteiger charge is 2.19. The van der Waals surface area contributed by atoms with Crippen LogP contribution in [-0.2, 0) is 13.5 Å². The lowest BCUT2D eigenvalue weighted by Gasteiger charge is -2.29. The zero-order valence-corrected chi connectivity index (χ0v) is 9.76. The second-order valence-electron chi connectivity index (χ2n) is 4.47. The molecule has 0 aliphatic carbocycles. The molecular formula is C12H18N4. The number of rotatable bonds is 3. The summed E-state index contributed by atoms with van der Waals surface area (Å²) in [7, 11) is 2.02. The Labute approximate surface area is 96.5 Å². The van der Waals surface area contributed by atoms with E-state index in [0.29, 0.717) is 0 Å². The van der Waals surface area contributed by atoms with Gasteiger partial charge >= 0.3 is 0 Å².